The van der Waals surface area contributed by atoms with E-state index < -0.39 is 0 Å². The van der Waals surface area contributed by atoms with Crippen molar-refractivity contribution in [2.45, 2.75) is 6.42 Å². The number of aromatic nitrogens is 4. The van der Waals surface area contributed by atoms with E-state index in [2.05, 4.69) is 26.4 Å². The smallest absolute Gasteiger partial charge is 0.414 e. The first kappa shape index (κ1) is 15.6. The zero-order chi connectivity index (χ0) is 18.2. The van der Waals surface area contributed by atoms with Crippen molar-refractivity contribution < 1.29 is 14.1 Å². The maximum atomic E-state index is 11.6. The van der Waals surface area contributed by atoms with Crippen LogP contribution in [0.25, 0.3) is 22.4 Å². The number of benzene rings is 2. The Morgan fingerprint density at radius 2 is 2.04 bits per heavy atom. The number of cyclic esters (lactones) is 1. The predicted octanol–water partition coefficient (Wildman–Crippen LogP) is 3.16. The lowest BCUT2D eigenvalue weighted by molar-refractivity contribution is 0.181. The van der Waals surface area contributed by atoms with E-state index in [-0.39, 0.29) is 6.09 Å². The summed E-state index contributed by atoms with van der Waals surface area (Å²) in [7, 11) is 0. The van der Waals surface area contributed by atoms with E-state index in [4.69, 9.17) is 9.26 Å². The molecule has 1 amide bonds. The molecule has 5 rings (SSSR count). The van der Waals surface area contributed by atoms with Gasteiger partial charge in [0.2, 0.25) is 0 Å². The van der Waals surface area contributed by atoms with Crippen LogP contribution in [0.5, 0.6) is 0 Å². The Balaban J connectivity index is 1.34. The number of carbonyl (C=O) groups excluding carboxylic acids is 1. The third kappa shape index (κ3) is 2.91. The van der Waals surface area contributed by atoms with E-state index in [0.29, 0.717) is 31.3 Å². The Labute approximate surface area is 153 Å². The first-order valence-electron chi connectivity index (χ1n) is 8.55. The highest BCUT2D eigenvalue weighted by Crippen LogP contribution is 2.24. The summed E-state index contributed by atoms with van der Waals surface area (Å²) < 4.78 is 10.4. The Kier molecular flexibility index (Phi) is 3.60. The van der Waals surface area contributed by atoms with Gasteiger partial charge in [0.1, 0.15) is 6.61 Å². The average molecular weight is 361 g/mol. The van der Waals surface area contributed by atoms with Gasteiger partial charge in [0.15, 0.2) is 5.82 Å². The lowest BCUT2D eigenvalue weighted by atomic mass is 10.1. The fourth-order valence-electron chi connectivity index (χ4n) is 3.14. The maximum Gasteiger partial charge on any atom is 0.414 e. The van der Waals surface area contributed by atoms with Gasteiger partial charge < -0.3 is 9.26 Å². The van der Waals surface area contributed by atoms with Gasteiger partial charge >= 0.3 is 6.09 Å². The average Bonchev–Trinajstić information content (AvgIpc) is 3.42. The van der Waals surface area contributed by atoms with Crippen LogP contribution in [-0.2, 0) is 11.2 Å². The van der Waals surface area contributed by atoms with Crippen LogP contribution in [0.2, 0.25) is 0 Å². The molecule has 3 heterocycles. The first-order chi connectivity index (χ1) is 13.3. The van der Waals surface area contributed by atoms with Gasteiger partial charge in [-0.15, -0.1) is 0 Å². The van der Waals surface area contributed by atoms with Gasteiger partial charge in [0.25, 0.3) is 5.89 Å². The molecule has 1 saturated heterocycles. The molecule has 27 heavy (non-hydrogen) atoms. The molecule has 0 unspecified atom stereocenters. The molecule has 0 bridgehead atoms. The number of aromatic amines is 1. The van der Waals surface area contributed by atoms with Crippen LogP contribution in [0.15, 0.2) is 53.2 Å². The van der Waals surface area contributed by atoms with E-state index in [1.54, 1.807) is 11.1 Å². The molecule has 4 aromatic rings. The van der Waals surface area contributed by atoms with Crippen LogP contribution < -0.4 is 4.90 Å². The zero-order valence-electron chi connectivity index (χ0n) is 14.3. The number of carbonyl (C=O) groups is 1. The molecule has 2 aromatic carbocycles. The van der Waals surface area contributed by atoms with Gasteiger partial charge in [0.05, 0.1) is 18.3 Å². The van der Waals surface area contributed by atoms with Crippen LogP contribution in [0.3, 0.4) is 0 Å². The SMILES string of the molecule is O=C1OCCN1c1ccc(-c2nc(Cc3ccc4[nH]ncc4c3)no2)cc1. The minimum atomic E-state index is -0.322. The lowest BCUT2D eigenvalue weighted by Gasteiger charge is -2.12. The monoisotopic (exact) mass is 361 g/mol. The molecule has 2 aromatic heterocycles. The Hall–Kier alpha value is -3.68. The molecule has 1 aliphatic rings. The molecule has 0 spiro atoms. The number of H-pyrrole nitrogens is 1. The number of ether oxygens (including phenoxy) is 1. The molecule has 134 valence electrons. The number of hydrogen-bond acceptors (Lipinski definition) is 6. The van der Waals surface area contributed by atoms with E-state index in [0.717, 1.165) is 27.7 Å². The van der Waals surface area contributed by atoms with E-state index in [1.165, 1.54) is 0 Å². The minimum absolute atomic E-state index is 0.322. The van der Waals surface area contributed by atoms with Crippen molar-refractivity contribution in [3.05, 3.63) is 60.0 Å². The predicted molar refractivity (Wildman–Crippen MR) is 97.3 cm³/mol. The summed E-state index contributed by atoms with van der Waals surface area (Å²) in [5.41, 5.74) is 3.67. The largest absolute Gasteiger partial charge is 0.447 e. The Bertz CT molecular complexity index is 1120. The molecule has 1 N–H and O–H groups in total. The molecular weight excluding hydrogens is 346 g/mol. The number of fused-ring (bicyclic) bond motifs is 1. The van der Waals surface area contributed by atoms with Crippen molar-refractivity contribution in [1.82, 2.24) is 20.3 Å². The molecule has 8 nitrogen and oxygen atoms in total. The first-order valence-corrected chi connectivity index (χ1v) is 8.55. The standard InChI is InChI=1S/C19H15N5O3/c25-19-24(7-8-26-19)15-4-2-13(3-5-15)18-21-17(23-27-18)10-12-1-6-16-14(9-12)11-20-22-16/h1-6,9,11H,7-8,10H2,(H,20,22). The molecule has 0 aliphatic carbocycles. The van der Waals surface area contributed by atoms with Crippen LogP contribution in [-0.4, -0.2) is 39.6 Å². The second-order valence-electron chi connectivity index (χ2n) is 6.30. The molecule has 8 heteroatoms. The summed E-state index contributed by atoms with van der Waals surface area (Å²) in [6.45, 7) is 0.974. The third-order valence-electron chi connectivity index (χ3n) is 4.52. The fraction of sp³-hybridized carbons (Fsp3) is 0.158. The van der Waals surface area contributed by atoms with Crippen molar-refractivity contribution in [1.29, 1.82) is 0 Å². The van der Waals surface area contributed by atoms with Crippen LogP contribution in [0.4, 0.5) is 10.5 Å². The summed E-state index contributed by atoms with van der Waals surface area (Å²) in [6, 6.07) is 13.5. The summed E-state index contributed by atoms with van der Waals surface area (Å²) in [5, 5.41) is 12.1. The Morgan fingerprint density at radius 3 is 2.85 bits per heavy atom. The quantitative estimate of drug-likeness (QED) is 0.600. The highest BCUT2D eigenvalue weighted by molar-refractivity contribution is 5.89. The van der Waals surface area contributed by atoms with E-state index in [1.807, 2.05) is 36.4 Å². The van der Waals surface area contributed by atoms with E-state index in [9.17, 15) is 4.79 Å². The summed E-state index contributed by atoms with van der Waals surface area (Å²) in [4.78, 5) is 17.7. The molecule has 1 fully saturated rings. The van der Waals surface area contributed by atoms with Crippen molar-refractivity contribution in [3.8, 4) is 11.5 Å². The highest BCUT2D eigenvalue weighted by atomic mass is 16.6. The zero-order valence-corrected chi connectivity index (χ0v) is 14.3. The maximum absolute atomic E-state index is 11.6. The van der Waals surface area contributed by atoms with Crippen LogP contribution >= 0.6 is 0 Å². The fourth-order valence-corrected chi connectivity index (χ4v) is 3.14. The number of nitrogens with zero attached hydrogens (tertiary/aromatic N) is 4. The number of amides is 1. The number of hydrogen-bond donors (Lipinski definition) is 1. The van der Waals surface area contributed by atoms with Crippen LogP contribution in [0.1, 0.15) is 11.4 Å². The molecule has 0 saturated carbocycles. The van der Waals surface area contributed by atoms with Crippen molar-refractivity contribution in [3.63, 3.8) is 0 Å². The van der Waals surface area contributed by atoms with Crippen molar-refractivity contribution in [2.75, 3.05) is 18.1 Å². The number of nitrogens with one attached hydrogen (secondary N) is 1. The van der Waals surface area contributed by atoms with E-state index >= 15 is 0 Å². The number of rotatable bonds is 4. The summed E-state index contributed by atoms with van der Waals surface area (Å²) in [5.74, 6) is 1.06. The molecular formula is C19H15N5O3. The molecule has 0 atom stereocenters. The summed E-state index contributed by atoms with van der Waals surface area (Å²) >= 11 is 0. The van der Waals surface area contributed by atoms with Crippen molar-refractivity contribution >= 4 is 22.7 Å². The highest BCUT2D eigenvalue weighted by Gasteiger charge is 2.23. The second kappa shape index (κ2) is 6.24. The van der Waals surface area contributed by atoms with Gasteiger partial charge in [-0.1, -0.05) is 11.2 Å². The van der Waals surface area contributed by atoms with Gasteiger partial charge in [-0.3, -0.25) is 10.00 Å². The molecule has 1 aliphatic heterocycles. The van der Waals surface area contributed by atoms with Gasteiger partial charge in [-0.25, -0.2) is 4.79 Å². The lowest BCUT2D eigenvalue weighted by Crippen LogP contribution is -2.23. The second-order valence-corrected chi connectivity index (χ2v) is 6.30. The Morgan fingerprint density at radius 1 is 1.15 bits per heavy atom. The summed E-state index contributed by atoms with van der Waals surface area (Å²) in [6.07, 6.45) is 2.04. The minimum Gasteiger partial charge on any atom is -0.447 e. The number of anilines is 1. The topological polar surface area (TPSA) is 97.1 Å². The van der Waals surface area contributed by atoms with Gasteiger partial charge in [0, 0.05) is 23.1 Å². The van der Waals surface area contributed by atoms with Gasteiger partial charge in [-0.05, 0) is 42.0 Å². The normalized spacial score (nSPS) is 14.1. The van der Waals surface area contributed by atoms with Gasteiger partial charge in [-0.2, -0.15) is 10.1 Å². The molecule has 0 radical (unpaired) electrons. The van der Waals surface area contributed by atoms with Crippen LogP contribution in [0, 0.1) is 0 Å². The van der Waals surface area contributed by atoms with Crippen molar-refractivity contribution in [2.24, 2.45) is 0 Å². The third-order valence-corrected chi connectivity index (χ3v) is 4.52.